The van der Waals surface area contributed by atoms with Gasteiger partial charge in [-0.05, 0) is 28.1 Å². The fraction of sp³-hybridized carbons (Fsp3) is 0.250. The molecule has 0 aromatic heterocycles. The fourth-order valence-corrected chi connectivity index (χ4v) is 1.50. The largest absolute Gasteiger partial charge is 0.490 e. The van der Waals surface area contributed by atoms with Crippen LogP contribution in [-0.2, 0) is 0 Å². The third-order valence-corrected chi connectivity index (χ3v) is 2.46. The molecule has 1 aromatic rings. The number of hydrogen-bond acceptors (Lipinski definition) is 3. The molecule has 0 fully saturated rings. The van der Waals surface area contributed by atoms with Gasteiger partial charge in [0.25, 0.3) is 0 Å². The Morgan fingerprint density at radius 3 is 3.17 bits per heavy atom. The molecule has 0 atom stereocenters. The molecule has 0 aliphatic carbocycles. The first-order chi connectivity index (χ1) is 5.77. The Hall–Kier alpha value is -0.900. The van der Waals surface area contributed by atoms with E-state index in [1.807, 2.05) is 12.1 Å². The second-order valence-corrected chi connectivity index (χ2v) is 3.50. The van der Waals surface area contributed by atoms with Crippen LogP contribution < -0.4 is 15.8 Å². The molecule has 3 nitrogen and oxygen atoms in total. The molecule has 0 radical (unpaired) electrons. The minimum atomic E-state index is 0.712. The summed E-state index contributed by atoms with van der Waals surface area (Å²) in [6, 6.07) is 3.76. The summed E-state index contributed by atoms with van der Waals surface area (Å²) in [7, 11) is 0. The first-order valence-corrected chi connectivity index (χ1v) is 4.52. The van der Waals surface area contributed by atoms with Crippen LogP contribution in [-0.4, -0.2) is 13.2 Å². The third kappa shape index (κ3) is 1.22. The maximum atomic E-state index is 5.70. The Morgan fingerprint density at radius 1 is 1.50 bits per heavy atom. The number of rotatable bonds is 0. The van der Waals surface area contributed by atoms with Gasteiger partial charge in [0.15, 0.2) is 0 Å². The van der Waals surface area contributed by atoms with Gasteiger partial charge in [-0.2, -0.15) is 0 Å². The van der Waals surface area contributed by atoms with E-state index in [1.165, 1.54) is 0 Å². The summed E-state index contributed by atoms with van der Waals surface area (Å²) in [5, 5.41) is 3.20. The maximum Gasteiger partial charge on any atom is 0.143 e. The summed E-state index contributed by atoms with van der Waals surface area (Å²) in [6.07, 6.45) is 0. The Balaban J connectivity index is 2.49. The van der Waals surface area contributed by atoms with Crippen LogP contribution in [0.2, 0.25) is 0 Å². The number of nitrogens with one attached hydrogen (secondary N) is 1. The van der Waals surface area contributed by atoms with E-state index in [1.54, 1.807) is 0 Å². The summed E-state index contributed by atoms with van der Waals surface area (Å²) < 4.78 is 6.29. The molecule has 0 amide bonds. The van der Waals surface area contributed by atoms with Crippen LogP contribution in [0.3, 0.4) is 0 Å². The molecule has 2 rings (SSSR count). The quantitative estimate of drug-likeness (QED) is 0.667. The van der Waals surface area contributed by atoms with Gasteiger partial charge in [0.2, 0.25) is 0 Å². The van der Waals surface area contributed by atoms with E-state index >= 15 is 0 Å². The van der Waals surface area contributed by atoms with Gasteiger partial charge in [0.1, 0.15) is 12.4 Å². The van der Waals surface area contributed by atoms with Crippen molar-refractivity contribution in [1.82, 2.24) is 0 Å². The van der Waals surface area contributed by atoms with Crippen LogP contribution in [0.5, 0.6) is 5.75 Å². The van der Waals surface area contributed by atoms with Crippen molar-refractivity contribution in [2.24, 2.45) is 0 Å². The Labute approximate surface area is 79.0 Å². The van der Waals surface area contributed by atoms with Crippen LogP contribution in [0.25, 0.3) is 0 Å². The molecule has 1 aliphatic heterocycles. The molecular weight excluding hydrogens is 220 g/mol. The summed E-state index contributed by atoms with van der Waals surface area (Å²) in [5.41, 5.74) is 7.40. The van der Waals surface area contributed by atoms with Crippen LogP contribution in [0.1, 0.15) is 0 Å². The smallest absolute Gasteiger partial charge is 0.143 e. The van der Waals surface area contributed by atoms with E-state index in [0.29, 0.717) is 6.61 Å². The second-order valence-electron chi connectivity index (χ2n) is 2.65. The average Bonchev–Trinajstić information content (AvgIpc) is 2.07. The molecule has 0 saturated carbocycles. The number of benzene rings is 1. The Kier molecular flexibility index (Phi) is 1.84. The lowest BCUT2D eigenvalue weighted by molar-refractivity contribution is 0.323. The minimum absolute atomic E-state index is 0.712. The van der Waals surface area contributed by atoms with Crippen molar-refractivity contribution in [2.75, 3.05) is 24.2 Å². The van der Waals surface area contributed by atoms with Crippen LogP contribution in [0, 0.1) is 0 Å². The first-order valence-electron chi connectivity index (χ1n) is 3.73. The number of fused-ring (bicyclic) bond motifs is 1. The highest BCUT2D eigenvalue weighted by atomic mass is 79.9. The lowest BCUT2D eigenvalue weighted by Gasteiger charge is -2.19. The summed E-state index contributed by atoms with van der Waals surface area (Å²) >= 11 is 3.34. The number of hydrogen-bond donors (Lipinski definition) is 2. The highest BCUT2D eigenvalue weighted by molar-refractivity contribution is 9.10. The predicted molar refractivity (Wildman–Crippen MR) is 52.5 cm³/mol. The molecule has 1 aromatic carbocycles. The topological polar surface area (TPSA) is 47.3 Å². The molecule has 1 heterocycles. The number of nitrogens with two attached hydrogens (primary N) is 1. The number of anilines is 2. The van der Waals surface area contributed by atoms with Gasteiger partial charge in [-0.1, -0.05) is 0 Å². The first kappa shape index (κ1) is 7.73. The molecule has 0 spiro atoms. The average molecular weight is 229 g/mol. The SMILES string of the molecule is Nc1cc2c(cc1Br)OCCN2. The summed E-state index contributed by atoms with van der Waals surface area (Å²) in [6.45, 7) is 1.55. The molecule has 0 saturated heterocycles. The zero-order valence-electron chi connectivity index (χ0n) is 6.43. The maximum absolute atomic E-state index is 5.70. The third-order valence-electron chi connectivity index (χ3n) is 1.77. The Morgan fingerprint density at radius 2 is 2.33 bits per heavy atom. The van der Waals surface area contributed by atoms with E-state index < -0.39 is 0 Å². The second kappa shape index (κ2) is 2.86. The molecule has 12 heavy (non-hydrogen) atoms. The van der Waals surface area contributed by atoms with E-state index in [2.05, 4.69) is 21.2 Å². The Bertz CT molecular complexity index is 283. The monoisotopic (exact) mass is 228 g/mol. The number of ether oxygens (including phenoxy) is 1. The molecule has 4 heteroatoms. The van der Waals surface area contributed by atoms with Gasteiger partial charge in [-0.3, -0.25) is 0 Å². The summed E-state index contributed by atoms with van der Waals surface area (Å²) in [4.78, 5) is 0. The van der Waals surface area contributed by atoms with Gasteiger partial charge in [-0.15, -0.1) is 0 Å². The van der Waals surface area contributed by atoms with Crippen molar-refractivity contribution in [2.45, 2.75) is 0 Å². The van der Waals surface area contributed by atoms with Crippen LogP contribution in [0.15, 0.2) is 16.6 Å². The number of halogens is 1. The minimum Gasteiger partial charge on any atom is -0.490 e. The van der Waals surface area contributed by atoms with E-state index in [-0.39, 0.29) is 0 Å². The van der Waals surface area contributed by atoms with Gasteiger partial charge < -0.3 is 15.8 Å². The summed E-state index contributed by atoms with van der Waals surface area (Å²) in [5.74, 6) is 0.863. The van der Waals surface area contributed by atoms with Crippen molar-refractivity contribution in [3.05, 3.63) is 16.6 Å². The lowest BCUT2D eigenvalue weighted by Crippen LogP contribution is -2.18. The molecule has 0 bridgehead atoms. The van der Waals surface area contributed by atoms with Crippen LogP contribution in [0.4, 0.5) is 11.4 Å². The van der Waals surface area contributed by atoms with Gasteiger partial charge in [0.05, 0.1) is 5.69 Å². The van der Waals surface area contributed by atoms with E-state index in [4.69, 9.17) is 10.5 Å². The van der Waals surface area contributed by atoms with Crippen molar-refractivity contribution in [3.63, 3.8) is 0 Å². The van der Waals surface area contributed by atoms with Crippen molar-refractivity contribution >= 4 is 27.3 Å². The van der Waals surface area contributed by atoms with Crippen molar-refractivity contribution in [3.8, 4) is 5.75 Å². The fourth-order valence-electron chi connectivity index (χ4n) is 1.18. The number of nitrogen functional groups attached to an aromatic ring is 1. The molecule has 0 unspecified atom stereocenters. The van der Waals surface area contributed by atoms with Gasteiger partial charge >= 0.3 is 0 Å². The predicted octanol–water partition coefficient (Wildman–Crippen LogP) is 1.84. The molecule has 3 N–H and O–H groups in total. The van der Waals surface area contributed by atoms with Crippen molar-refractivity contribution in [1.29, 1.82) is 0 Å². The highest BCUT2D eigenvalue weighted by Gasteiger charge is 2.11. The zero-order chi connectivity index (χ0) is 8.55. The van der Waals surface area contributed by atoms with Crippen molar-refractivity contribution < 1.29 is 4.74 Å². The van der Waals surface area contributed by atoms with Gasteiger partial charge in [0, 0.05) is 16.7 Å². The normalized spacial score (nSPS) is 14.4. The zero-order valence-corrected chi connectivity index (χ0v) is 8.02. The van der Waals surface area contributed by atoms with Gasteiger partial charge in [-0.25, -0.2) is 0 Å². The highest BCUT2D eigenvalue weighted by Crippen LogP contribution is 2.34. The molecule has 1 aliphatic rings. The molecular formula is C8H9BrN2O. The van der Waals surface area contributed by atoms with E-state index in [9.17, 15) is 0 Å². The standard InChI is InChI=1S/C8H9BrN2O/c9-5-3-8-7(4-6(5)10)11-1-2-12-8/h3-4,11H,1-2,10H2. The van der Waals surface area contributed by atoms with E-state index in [0.717, 1.165) is 28.1 Å². The molecule has 64 valence electrons. The lowest BCUT2D eigenvalue weighted by atomic mass is 10.2. The van der Waals surface area contributed by atoms with Crippen LogP contribution >= 0.6 is 15.9 Å².